The van der Waals surface area contributed by atoms with Crippen LogP contribution in [0.15, 0.2) is 21.7 Å². The second kappa shape index (κ2) is 28.7. The molecule has 10 nitrogen and oxygen atoms in total. The summed E-state index contributed by atoms with van der Waals surface area (Å²) in [7, 11) is 22.6. The first kappa shape index (κ1) is 42.7. The van der Waals surface area contributed by atoms with Crippen LogP contribution < -0.4 is 0 Å². The van der Waals surface area contributed by atoms with Crippen molar-refractivity contribution in [1.82, 2.24) is 0 Å². The molecule has 0 unspecified atom stereocenters. The maximum atomic E-state index is 5.96. The van der Waals surface area contributed by atoms with Crippen LogP contribution in [-0.4, -0.2) is 64.0 Å². The van der Waals surface area contributed by atoms with Crippen LogP contribution in [-0.2, 0) is 55.8 Å². The van der Waals surface area contributed by atoms with Crippen LogP contribution in [0.25, 0.3) is 0 Å². The first-order chi connectivity index (χ1) is 17.5. The summed E-state index contributed by atoms with van der Waals surface area (Å²) >= 11 is -2.47. The van der Waals surface area contributed by atoms with E-state index in [0.29, 0.717) is 11.8 Å². The number of rotatable bonds is 12. The summed E-state index contributed by atoms with van der Waals surface area (Å²) in [5, 5.41) is 0. The van der Waals surface area contributed by atoms with Crippen molar-refractivity contribution in [2.24, 2.45) is 3.50 Å². The van der Waals surface area contributed by atoms with Crippen molar-refractivity contribution in [2.45, 2.75) is 39.5 Å². The van der Waals surface area contributed by atoms with Gasteiger partial charge >= 0.3 is 138 Å². The van der Waals surface area contributed by atoms with E-state index in [2.05, 4.69) is 90.1 Å². The van der Waals surface area contributed by atoms with Crippen LogP contribution in [0.5, 0.6) is 0 Å². The van der Waals surface area contributed by atoms with Gasteiger partial charge in [0.15, 0.2) is 0 Å². The van der Waals surface area contributed by atoms with E-state index < -0.39 is 40.9 Å². The molecule has 0 N–H and O–H groups in total. The molecular formula is C21H44Cl2NO9P3W. The second-order valence-electron chi connectivity index (χ2n) is 6.70. The molecule has 0 aliphatic carbocycles. The van der Waals surface area contributed by atoms with Gasteiger partial charge in [0.2, 0.25) is 0 Å². The Morgan fingerprint density at radius 1 is 0.568 bits per heavy atom. The molecule has 16 heteroatoms. The van der Waals surface area contributed by atoms with Gasteiger partial charge in [-0.3, -0.25) is 0 Å². The van der Waals surface area contributed by atoms with Crippen molar-refractivity contribution < 1.29 is 55.8 Å². The van der Waals surface area contributed by atoms with Crippen molar-refractivity contribution in [3.63, 3.8) is 0 Å². The average Bonchev–Trinajstić information content (AvgIpc) is 2.88. The van der Waals surface area contributed by atoms with Crippen LogP contribution in [0, 0.1) is 0 Å². The predicted molar refractivity (Wildman–Crippen MR) is 152 cm³/mol. The molecule has 0 atom stereocenters. The van der Waals surface area contributed by atoms with E-state index in [1.54, 1.807) is 64.0 Å². The number of halogens is 2. The summed E-state index contributed by atoms with van der Waals surface area (Å²) < 4.78 is 46.5. The molecule has 1 rings (SSSR count). The first-order valence-corrected chi connectivity index (χ1v) is 22.5. The van der Waals surface area contributed by atoms with Gasteiger partial charge < -0.3 is 40.7 Å². The Kier molecular flexibility index (Phi) is 33.1. The Hall–Kier alpha value is 1.22. The fourth-order valence-corrected chi connectivity index (χ4v) is 6.08. The Morgan fingerprint density at radius 2 is 0.811 bits per heavy atom. The Balaban J connectivity index is -0.000000463. The van der Waals surface area contributed by atoms with Crippen LogP contribution in [0.3, 0.4) is 0 Å². The van der Waals surface area contributed by atoms with Crippen LogP contribution in [0.2, 0.25) is 0 Å². The summed E-state index contributed by atoms with van der Waals surface area (Å²) in [6, 6.07) is 6.33. The molecule has 0 fully saturated rings. The largest absolute Gasteiger partial charge is 0.331 e. The van der Waals surface area contributed by atoms with Crippen molar-refractivity contribution in [2.75, 3.05) is 64.0 Å². The number of hydrogen-bond acceptors (Lipinski definition) is 10. The van der Waals surface area contributed by atoms with E-state index in [1.807, 2.05) is 0 Å². The fraction of sp³-hybridized carbons (Fsp3) is 0.714. The monoisotopic (exact) mass is 801 g/mol. The molecular weight excluding hydrogens is 758 g/mol. The second-order valence-corrected chi connectivity index (χ2v) is 19.5. The minimum absolute atomic E-state index is 0.452. The van der Waals surface area contributed by atoms with Crippen LogP contribution in [0.1, 0.15) is 50.7 Å². The predicted octanol–water partition coefficient (Wildman–Crippen LogP) is 9.13. The van der Waals surface area contributed by atoms with Gasteiger partial charge in [0, 0.05) is 64.0 Å². The molecule has 0 aliphatic rings. The minimum Gasteiger partial charge on any atom is -0.316 e. The third-order valence-electron chi connectivity index (χ3n) is 3.84. The third-order valence-corrected chi connectivity index (χ3v) is 8.81. The molecule has 0 saturated carbocycles. The molecule has 0 amide bonds. The van der Waals surface area contributed by atoms with E-state index in [0.717, 1.165) is 5.69 Å². The third kappa shape index (κ3) is 22.6. The quantitative estimate of drug-likeness (QED) is 0.192. The van der Waals surface area contributed by atoms with Gasteiger partial charge in [0.25, 0.3) is 0 Å². The van der Waals surface area contributed by atoms with Crippen molar-refractivity contribution in [3.8, 4) is 0 Å². The molecule has 0 spiro atoms. The van der Waals surface area contributed by atoms with E-state index in [1.165, 1.54) is 11.1 Å². The summed E-state index contributed by atoms with van der Waals surface area (Å²) in [5.74, 6) is 0.904. The van der Waals surface area contributed by atoms with E-state index in [4.69, 9.17) is 18.8 Å². The molecule has 0 aromatic heterocycles. The summed E-state index contributed by atoms with van der Waals surface area (Å²) in [6.07, 6.45) is 0. The van der Waals surface area contributed by atoms with E-state index in [9.17, 15) is 0 Å². The van der Waals surface area contributed by atoms with Crippen LogP contribution >= 0.6 is 44.6 Å². The zero-order valence-corrected chi connectivity index (χ0v) is 31.1. The maximum absolute atomic E-state index is 5.96. The van der Waals surface area contributed by atoms with E-state index in [-0.39, 0.29) is 0 Å². The zero-order valence-electron chi connectivity index (χ0n) is 24.0. The van der Waals surface area contributed by atoms with Crippen LogP contribution in [0.4, 0.5) is 5.69 Å². The van der Waals surface area contributed by atoms with Crippen molar-refractivity contribution >= 4 is 50.3 Å². The van der Waals surface area contributed by atoms with Gasteiger partial charge in [-0.1, -0.05) is 0 Å². The molecule has 222 valence electrons. The first-order valence-electron chi connectivity index (χ1n) is 10.7. The molecule has 0 saturated heterocycles. The Morgan fingerprint density at radius 3 is 0.946 bits per heavy atom. The molecule has 37 heavy (non-hydrogen) atoms. The van der Waals surface area contributed by atoms with Gasteiger partial charge in [-0.25, -0.2) is 0 Å². The van der Waals surface area contributed by atoms with Gasteiger partial charge in [0.1, 0.15) is 0 Å². The molecule has 0 heterocycles. The standard InChI is InChI=1S/C12H17N.3C3H9O3P.2ClH.W/c1-8(2)10-6-5-7-11(9(3)4)12(10)13;3*1-4-7(5-2)6-3;;;/h5-9H,1-4H3;3*1-3H3;2*1H;/q;;;;;;+2/p-2. The molecule has 1 aromatic carbocycles. The van der Waals surface area contributed by atoms with Gasteiger partial charge in [-0.05, 0) is 0 Å². The molecule has 1 aromatic rings. The molecule has 0 aliphatic heterocycles. The summed E-state index contributed by atoms with van der Waals surface area (Å²) in [5.41, 5.74) is 3.56. The average molecular weight is 802 g/mol. The number of benzene rings is 1. The maximum Gasteiger partial charge on any atom is 0.331 e. The van der Waals surface area contributed by atoms with Gasteiger partial charge in [-0.2, -0.15) is 0 Å². The van der Waals surface area contributed by atoms with Crippen molar-refractivity contribution in [1.29, 1.82) is 0 Å². The Labute approximate surface area is 241 Å². The zero-order chi connectivity index (χ0) is 29.4. The summed E-state index contributed by atoms with van der Waals surface area (Å²) in [4.78, 5) is 0. The molecule has 0 radical (unpaired) electrons. The van der Waals surface area contributed by atoms with Gasteiger partial charge in [0.05, 0.1) is 0 Å². The van der Waals surface area contributed by atoms with E-state index >= 15 is 0 Å². The SMILES string of the molecule is CC(C)c1cccc(C(C)C)c1[N]=[W]([Cl])[Cl].COP(OC)OC.COP(OC)OC.COP(OC)OC. The topological polar surface area (TPSA) is 95.4 Å². The smallest absolute Gasteiger partial charge is 0.316 e. The van der Waals surface area contributed by atoms with Crippen molar-refractivity contribution in [3.05, 3.63) is 29.3 Å². The normalized spacial score (nSPS) is 10.8. The summed E-state index contributed by atoms with van der Waals surface area (Å²) in [6.45, 7) is 8.68. The van der Waals surface area contributed by atoms with Gasteiger partial charge in [-0.15, -0.1) is 0 Å². The fourth-order valence-electron chi connectivity index (χ4n) is 2.36. The number of nitrogens with zero attached hydrogens (tertiary/aromatic N) is 1. The number of hydrogen-bond donors (Lipinski definition) is 0. The minimum atomic E-state index is -2.47. The Bertz CT molecular complexity index is 611. The molecule has 0 bridgehead atoms.